The minimum absolute atomic E-state index is 0.0690. The molecule has 2 aliphatic heterocycles. The van der Waals surface area contributed by atoms with Crippen LogP contribution in [-0.2, 0) is 9.59 Å². The Labute approximate surface area is 156 Å². The van der Waals surface area contributed by atoms with Crippen LogP contribution >= 0.6 is 0 Å². The summed E-state index contributed by atoms with van der Waals surface area (Å²) in [6, 6.07) is 9.61. The van der Waals surface area contributed by atoms with Crippen LogP contribution in [0, 0.1) is 17.8 Å². The highest BCUT2D eigenvalue weighted by Crippen LogP contribution is 2.25. The van der Waals surface area contributed by atoms with Crippen molar-refractivity contribution in [3.8, 4) is 0 Å². The van der Waals surface area contributed by atoms with E-state index in [1.807, 2.05) is 30.3 Å². The van der Waals surface area contributed by atoms with Gasteiger partial charge in [-0.1, -0.05) is 32.0 Å². The maximum absolute atomic E-state index is 12.6. The van der Waals surface area contributed by atoms with E-state index in [-0.39, 0.29) is 11.8 Å². The third-order valence-corrected chi connectivity index (χ3v) is 5.49. The van der Waals surface area contributed by atoms with E-state index in [1.54, 1.807) is 4.90 Å². The minimum Gasteiger partial charge on any atom is -0.355 e. The molecule has 1 N–H and O–H groups in total. The molecule has 2 amide bonds. The van der Waals surface area contributed by atoms with Crippen LogP contribution in [0.1, 0.15) is 33.1 Å². The van der Waals surface area contributed by atoms with E-state index in [9.17, 15) is 9.59 Å². The fourth-order valence-electron chi connectivity index (χ4n) is 4.05. The number of piperidine rings is 1. The van der Waals surface area contributed by atoms with Crippen molar-refractivity contribution in [2.75, 3.05) is 37.6 Å². The Balaban J connectivity index is 1.44. The van der Waals surface area contributed by atoms with Crippen LogP contribution in [-0.4, -0.2) is 49.4 Å². The van der Waals surface area contributed by atoms with Crippen LogP contribution in [0.2, 0.25) is 0 Å². The lowest BCUT2D eigenvalue weighted by molar-refractivity contribution is -0.132. The second kappa shape index (κ2) is 8.67. The normalized spacial score (nSPS) is 22.2. The third-order valence-electron chi connectivity index (χ3n) is 5.49. The third kappa shape index (κ3) is 4.64. The predicted octanol–water partition coefficient (Wildman–Crippen LogP) is 2.52. The molecule has 142 valence electrons. The Morgan fingerprint density at radius 3 is 2.46 bits per heavy atom. The van der Waals surface area contributed by atoms with Gasteiger partial charge in [0.15, 0.2) is 0 Å². The van der Waals surface area contributed by atoms with Crippen molar-refractivity contribution < 1.29 is 9.59 Å². The lowest BCUT2D eigenvalue weighted by Gasteiger charge is -2.33. The zero-order valence-corrected chi connectivity index (χ0v) is 16.0. The molecule has 0 radical (unpaired) electrons. The maximum atomic E-state index is 12.6. The van der Waals surface area contributed by atoms with Crippen molar-refractivity contribution >= 4 is 17.5 Å². The van der Waals surface area contributed by atoms with Gasteiger partial charge in [0.2, 0.25) is 11.8 Å². The summed E-state index contributed by atoms with van der Waals surface area (Å²) in [5, 5.41) is 3.05. The number of likely N-dealkylation sites (tertiary alicyclic amines) is 1. The van der Waals surface area contributed by atoms with Gasteiger partial charge < -0.3 is 15.1 Å². The van der Waals surface area contributed by atoms with Crippen molar-refractivity contribution in [3.63, 3.8) is 0 Å². The molecule has 26 heavy (non-hydrogen) atoms. The van der Waals surface area contributed by atoms with Gasteiger partial charge in [-0.3, -0.25) is 9.59 Å². The first-order chi connectivity index (χ1) is 12.5. The molecule has 0 aliphatic carbocycles. The van der Waals surface area contributed by atoms with Gasteiger partial charge in [0.25, 0.3) is 0 Å². The molecule has 2 heterocycles. The number of nitrogens with one attached hydrogen (secondary N) is 1. The number of carbonyl (C=O) groups excluding carboxylic acids is 2. The number of hydrogen-bond acceptors (Lipinski definition) is 3. The molecular weight excluding hydrogens is 326 g/mol. The summed E-state index contributed by atoms with van der Waals surface area (Å²) < 4.78 is 0. The number of amides is 2. The van der Waals surface area contributed by atoms with Gasteiger partial charge in [-0.05, 0) is 56.3 Å². The quantitative estimate of drug-likeness (QED) is 0.796. The van der Waals surface area contributed by atoms with Crippen LogP contribution in [0.15, 0.2) is 30.3 Å². The minimum atomic E-state index is -0.531. The number of hydrogen-bond donors (Lipinski definition) is 1. The van der Waals surface area contributed by atoms with E-state index < -0.39 is 5.92 Å². The van der Waals surface area contributed by atoms with E-state index in [0.29, 0.717) is 31.3 Å². The van der Waals surface area contributed by atoms with Crippen LogP contribution < -0.4 is 10.2 Å². The molecule has 0 spiro atoms. The molecule has 1 aromatic rings. The highest BCUT2D eigenvalue weighted by Gasteiger charge is 2.37. The highest BCUT2D eigenvalue weighted by atomic mass is 16.2. The van der Waals surface area contributed by atoms with E-state index in [4.69, 9.17) is 0 Å². The number of nitrogens with zero attached hydrogens (tertiary/aromatic N) is 2. The summed E-state index contributed by atoms with van der Waals surface area (Å²) in [5.41, 5.74) is 0.880. The molecule has 5 nitrogen and oxygen atoms in total. The van der Waals surface area contributed by atoms with E-state index in [1.165, 1.54) is 0 Å². The van der Waals surface area contributed by atoms with Gasteiger partial charge in [-0.25, -0.2) is 0 Å². The van der Waals surface area contributed by atoms with Crippen molar-refractivity contribution in [1.29, 1.82) is 0 Å². The standard InChI is InChI=1S/C21H31N3O2/c1-16(2)15-23-11-8-17(9-12-23)14-22-20(25)19-10-13-24(21(19)26)18-6-4-3-5-7-18/h3-7,16-17,19H,8-15H2,1-2H3,(H,22,25)/t19-/m0/s1. The van der Waals surface area contributed by atoms with Crippen LogP contribution in [0.3, 0.4) is 0 Å². The lowest BCUT2D eigenvalue weighted by atomic mass is 9.95. The fourth-order valence-corrected chi connectivity index (χ4v) is 4.05. The zero-order chi connectivity index (χ0) is 18.5. The topological polar surface area (TPSA) is 52.7 Å². The molecule has 3 rings (SSSR count). The summed E-state index contributed by atoms with van der Waals surface area (Å²) in [4.78, 5) is 29.4. The van der Waals surface area contributed by atoms with Crippen LogP contribution in [0.5, 0.6) is 0 Å². The van der Waals surface area contributed by atoms with Crippen LogP contribution in [0.4, 0.5) is 5.69 Å². The van der Waals surface area contributed by atoms with E-state index >= 15 is 0 Å². The summed E-state index contributed by atoms with van der Waals surface area (Å²) in [6.07, 6.45) is 2.86. The summed E-state index contributed by atoms with van der Waals surface area (Å²) in [6.45, 7) is 9.21. The van der Waals surface area contributed by atoms with Gasteiger partial charge in [-0.15, -0.1) is 0 Å². The molecular formula is C21H31N3O2. The molecule has 1 aromatic carbocycles. The van der Waals surface area contributed by atoms with E-state index in [0.717, 1.165) is 38.2 Å². The smallest absolute Gasteiger partial charge is 0.239 e. The average molecular weight is 357 g/mol. The van der Waals surface area contributed by atoms with Crippen molar-refractivity contribution in [2.24, 2.45) is 17.8 Å². The van der Waals surface area contributed by atoms with Crippen molar-refractivity contribution in [2.45, 2.75) is 33.1 Å². The second-order valence-corrected chi connectivity index (χ2v) is 8.05. The van der Waals surface area contributed by atoms with Gasteiger partial charge >= 0.3 is 0 Å². The highest BCUT2D eigenvalue weighted by molar-refractivity contribution is 6.09. The van der Waals surface area contributed by atoms with Gasteiger partial charge in [-0.2, -0.15) is 0 Å². The molecule has 0 saturated carbocycles. The van der Waals surface area contributed by atoms with Crippen molar-refractivity contribution in [1.82, 2.24) is 10.2 Å². The fraction of sp³-hybridized carbons (Fsp3) is 0.619. The number of benzene rings is 1. The first-order valence-electron chi connectivity index (χ1n) is 9.91. The Hall–Kier alpha value is -1.88. The molecule has 1 atom stereocenters. The number of rotatable bonds is 6. The summed E-state index contributed by atoms with van der Waals surface area (Å²) in [5.74, 6) is 0.533. The van der Waals surface area contributed by atoms with Gasteiger partial charge in [0.05, 0.1) is 0 Å². The molecule has 0 aromatic heterocycles. The first kappa shape index (κ1) is 18.9. The number of carbonyl (C=O) groups is 2. The van der Waals surface area contributed by atoms with Gasteiger partial charge in [0.1, 0.15) is 5.92 Å². The average Bonchev–Trinajstić information content (AvgIpc) is 3.03. The molecule has 0 bridgehead atoms. The second-order valence-electron chi connectivity index (χ2n) is 8.05. The molecule has 2 aliphatic rings. The Morgan fingerprint density at radius 2 is 1.81 bits per heavy atom. The van der Waals surface area contributed by atoms with Gasteiger partial charge in [0, 0.05) is 25.3 Å². The Morgan fingerprint density at radius 1 is 1.12 bits per heavy atom. The molecule has 0 unspecified atom stereocenters. The van der Waals surface area contributed by atoms with Crippen LogP contribution in [0.25, 0.3) is 0 Å². The monoisotopic (exact) mass is 357 g/mol. The molecule has 5 heteroatoms. The maximum Gasteiger partial charge on any atom is 0.239 e. The molecule has 2 fully saturated rings. The Bertz CT molecular complexity index is 609. The lowest BCUT2D eigenvalue weighted by Crippen LogP contribution is -2.42. The predicted molar refractivity (Wildman–Crippen MR) is 104 cm³/mol. The van der Waals surface area contributed by atoms with E-state index in [2.05, 4.69) is 24.1 Å². The number of para-hydroxylation sites is 1. The SMILES string of the molecule is CC(C)CN1CCC(CNC(=O)[C@@H]2CCN(c3ccccc3)C2=O)CC1. The van der Waals surface area contributed by atoms with Crippen molar-refractivity contribution in [3.05, 3.63) is 30.3 Å². The first-order valence-corrected chi connectivity index (χ1v) is 9.91. The molecule has 2 saturated heterocycles. The summed E-state index contributed by atoms with van der Waals surface area (Å²) in [7, 11) is 0. The summed E-state index contributed by atoms with van der Waals surface area (Å²) >= 11 is 0. The number of anilines is 1. The largest absolute Gasteiger partial charge is 0.355 e. The Kier molecular flexibility index (Phi) is 6.30. The zero-order valence-electron chi connectivity index (χ0n) is 16.0.